The maximum atomic E-state index is 12.7. The molecular formula is C25H22ClN7O2. The first-order valence-electron chi connectivity index (χ1n) is 11.0. The first-order valence-corrected chi connectivity index (χ1v) is 11.4. The van der Waals surface area contributed by atoms with Gasteiger partial charge in [0.25, 0.3) is 0 Å². The largest absolute Gasteiger partial charge is 0.381 e. The molecule has 1 fully saturated rings. The van der Waals surface area contributed by atoms with Crippen molar-refractivity contribution in [2.45, 2.75) is 12.5 Å². The van der Waals surface area contributed by atoms with Crippen molar-refractivity contribution in [2.75, 3.05) is 24.6 Å². The van der Waals surface area contributed by atoms with Gasteiger partial charge in [0.1, 0.15) is 0 Å². The van der Waals surface area contributed by atoms with Crippen molar-refractivity contribution < 1.29 is 9.59 Å². The van der Waals surface area contributed by atoms with Crippen LogP contribution in [-0.2, 0) is 4.79 Å². The fourth-order valence-corrected chi connectivity index (χ4v) is 4.39. The third-order valence-corrected chi connectivity index (χ3v) is 6.10. The smallest absolute Gasteiger partial charge is 0.320 e. The number of nitrogens with one attached hydrogen (secondary N) is 2. The minimum atomic E-state index is -0.516. The van der Waals surface area contributed by atoms with Crippen LogP contribution in [0.5, 0.6) is 0 Å². The van der Waals surface area contributed by atoms with E-state index >= 15 is 0 Å². The zero-order valence-electron chi connectivity index (χ0n) is 18.8. The topological polar surface area (TPSA) is 126 Å². The average Bonchev–Trinajstić information content (AvgIpc) is 3.16. The van der Waals surface area contributed by atoms with Crippen molar-refractivity contribution >= 4 is 46.1 Å². The number of nitrogens with zero attached hydrogens (tertiary/aromatic N) is 4. The Balaban J connectivity index is 1.55. The molecule has 4 N–H and O–H groups in total. The standard InChI is InChI=1S/C25H22ClN7O2/c1-33-13-17(12-19(33)34)29-25(35)32-24-23(27)30-21(14-6-3-2-4-7-14)22(31-24)16-10-15-8-5-9-28-20(15)18(26)11-16/h2-11,17H,12-13H2,1H3,(H2,27,30)(H2,29,31,32,35). The molecule has 176 valence electrons. The summed E-state index contributed by atoms with van der Waals surface area (Å²) < 4.78 is 0. The molecule has 0 saturated carbocycles. The van der Waals surface area contributed by atoms with Gasteiger partial charge in [-0.1, -0.05) is 48.0 Å². The van der Waals surface area contributed by atoms with Crippen LogP contribution < -0.4 is 16.4 Å². The molecule has 35 heavy (non-hydrogen) atoms. The lowest BCUT2D eigenvalue weighted by Crippen LogP contribution is -2.39. The van der Waals surface area contributed by atoms with Crippen molar-refractivity contribution in [3.05, 3.63) is 65.8 Å². The van der Waals surface area contributed by atoms with Crippen LogP contribution in [0.2, 0.25) is 5.02 Å². The van der Waals surface area contributed by atoms with Gasteiger partial charge in [-0.3, -0.25) is 15.1 Å². The second kappa shape index (κ2) is 9.19. The van der Waals surface area contributed by atoms with E-state index in [4.69, 9.17) is 22.3 Å². The molecule has 10 heteroatoms. The monoisotopic (exact) mass is 487 g/mol. The Bertz CT molecular complexity index is 1440. The first kappa shape index (κ1) is 22.5. The normalized spacial score (nSPS) is 15.4. The molecule has 4 aromatic rings. The molecule has 1 unspecified atom stereocenters. The fourth-order valence-electron chi connectivity index (χ4n) is 4.11. The van der Waals surface area contributed by atoms with Crippen molar-refractivity contribution in [3.8, 4) is 22.5 Å². The molecular weight excluding hydrogens is 466 g/mol. The Kier molecular flexibility index (Phi) is 5.92. The molecule has 3 heterocycles. The highest BCUT2D eigenvalue weighted by atomic mass is 35.5. The predicted molar refractivity (Wildman–Crippen MR) is 136 cm³/mol. The molecule has 2 aromatic carbocycles. The quantitative estimate of drug-likeness (QED) is 0.400. The highest BCUT2D eigenvalue weighted by Crippen LogP contribution is 2.35. The van der Waals surface area contributed by atoms with E-state index in [1.807, 2.05) is 48.5 Å². The van der Waals surface area contributed by atoms with Gasteiger partial charge in [-0.05, 0) is 18.2 Å². The lowest BCUT2D eigenvalue weighted by Gasteiger charge is -2.16. The van der Waals surface area contributed by atoms with Gasteiger partial charge in [0.15, 0.2) is 11.6 Å². The minimum absolute atomic E-state index is 0.0215. The summed E-state index contributed by atoms with van der Waals surface area (Å²) in [6.07, 6.45) is 1.93. The van der Waals surface area contributed by atoms with Gasteiger partial charge in [-0.25, -0.2) is 14.8 Å². The molecule has 0 bridgehead atoms. The lowest BCUT2D eigenvalue weighted by molar-refractivity contribution is -0.126. The van der Waals surface area contributed by atoms with Gasteiger partial charge >= 0.3 is 6.03 Å². The molecule has 2 aromatic heterocycles. The van der Waals surface area contributed by atoms with Crippen LogP contribution in [0, 0.1) is 0 Å². The number of carbonyl (C=O) groups is 2. The second-order valence-corrected chi connectivity index (χ2v) is 8.73. The van der Waals surface area contributed by atoms with E-state index in [9.17, 15) is 9.59 Å². The molecule has 3 amide bonds. The number of pyridine rings is 1. The molecule has 5 rings (SSSR count). The Hall–Kier alpha value is -4.24. The number of likely N-dealkylation sites (tertiary alicyclic amines) is 1. The Labute approximate surface area is 206 Å². The van der Waals surface area contributed by atoms with Gasteiger partial charge in [0, 0.05) is 42.7 Å². The number of anilines is 2. The highest BCUT2D eigenvalue weighted by molar-refractivity contribution is 6.35. The number of hydrogen-bond donors (Lipinski definition) is 3. The third kappa shape index (κ3) is 4.58. The van der Waals surface area contributed by atoms with E-state index in [2.05, 4.69) is 20.6 Å². The van der Waals surface area contributed by atoms with Crippen LogP contribution >= 0.6 is 11.6 Å². The molecule has 0 radical (unpaired) electrons. The molecule has 9 nitrogen and oxygen atoms in total. The molecule has 1 saturated heterocycles. The number of aromatic nitrogens is 3. The number of nitrogens with two attached hydrogens (primary N) is 1. The number of nitrogen functional groups attached to an aromatic ring is 1. The summed E-state index contributed by atoms with van der Waals surface area (Å²) in [5.74, 6) is 0.153. The average molecular weight is 488 g/mol. The summed E-state index contributed by atoms with van der Waals surface area (Å²) in [5.41, 5.74) is 9.46. The van der Waals surface area contributed by atoms with Gasteiger partial charge in [0.05, 0.1) is 28.0 Å². The Morgan fingerprint density at radius 1 is 1.09 bits per heavy atom. The number of carbonyl (C=O) groups excluding carboxylic acids is 2. The summed E-state index contributed by atoms with van der Waals surface area (Å²) in [5, 5.41) is 6.79. The summed E-state index contributed by atoms with van der Waals surface area (Å²) in [4.78, 5) is 39.6. The van der Waals surface area contributed by atoms with Crippen LogP contribution in [0.1, 0.15) is 6.42 Å². The zero-order valence-corrected chi connectivity index (χ0v) is 19.6. The Morgan fingerprint density at radius 2 is 1.86 bits per heavy atom. The number of amides is 3. The number of urea groups is 1. The van der Waals surface area contributed by atoms with E-state index < -0.39 is 6.03 Å². The summed E-state index contributed by atoms with van der Waals surface area (Å²) >= 11 is 6.54. The van der Waals surface area contributed by atoms with Gasteiger partial charge in [0.2, 0.25) is 5.91 Å². The number of hydrogen-bond acceptors (Lipinski definition) is 6. The van der Waals surface area contributed by atoms with E-state index in [0.717, 1.165) is 10.9 Å². The van der Waals surface area contributed by atoms with Crippen molar-refractivity contribution in [1.82, 2.24) is 25.2 Å². The van der Waals surface area contributed by atoms with E-state index in [1.165, 1.54) is 0 Å². The van der Waals surface area contributed by atoms with Crippen LogP contribution in [0.15, 0.2) is 60.8 Å². The number of benzene rings is 2. The maximum absolute atomic E-state index is 12.7. The Morgan fingerprint density at radius 3 is 2.60 bits per heavy atom. The number of fused-ring (bicyclic) bond motifs is 1. The van der Waals surface area contributed by atoms with Crippen molar-refractivity contribution in [2.24, 2.45) is 0 Å². The molecule has 0 aliphatic carbocycles. The molecule has 1 atom stereocenters. The number of likely N-dealkylation sites (N-methyl/N-ethyl adjacent to an activating group) is 1. The van der Waals surface area contributed by atoms with Crippen molar-refractivity contribution in [3.63, 3.8) is 0 Å². The summed E-state index contributed by atoms with van der Waals surface area (Å²) in [6.45, 7) is 0.440. The van der Waals surface area contributed by atoms with Crippen molar-refractivity contribution in [1.29, 1.82) is 0 Å². The van der Waals surface area contributed by atoms with E-state index in [0.29, 0.717) is 34.0 Å². The zero-order chi connectivity index (χ0) is 24.5. The van der Waals surface area contributed by atoms with Gasteiger partial charge in [-0.2, -0.15) is 0 Å². The van der Waals surface area contributed by atoms with Gasteiger partial charge < -0.3 is 16.0 Å². The van der Waals surface area contributed by atoms with Gasteiger partial charge in [-0.15, -0.1) is 0 Å². The maximum Gasteiger partial charge on any atom is 0.320 e. The second-order valence-electron chi connectivity index (χ2n) is 8.33. The minimum Gasteiger partial charge on any atom is -0.381 e. The molecule has 0 spiro atoms. The summed E-state index contributed by atoms with van der Waals surface area (Å²) in [7, 11) is 1.70. The lowest BCUT2D eigenvalue weighted by atomic mass is 10.0. The molecule has 1 aliphatic rings. The van der Waals surface area contributed by atoms with Crippen LogP contribution in [0.4, 0.5) is 16.4 Å². The van der Waals surface area contributed by atoms with Crippen LogP contribution in [-0.4, -0.2) is 51.4 Å². The third-order valence-electron chi connectivity index (χ3n) is 5.81. The first-order chi connectivity index (χ1) is 16.9. The predicted octanol–water partition coefficient (Wildman–Crippen LogP) is 3.95. The van der Waals surface area contributed by atoms with Crippen LogP contribution in [0.3, 0.4) is 0 Å². The number of halogens is 1. The molecule has 1 aliphatic heterocycles. The number of rotatable bonds is 4. The fraction of sp³-hybridized carbons (Fsp3) is 0.160. The highest BCUT2D eigenvalue weighted by Gasteiger charge is 2.28. The van der Waals surface area contributed by atoms with E-state index in [-0.39, 0.29) is 30.0 Å². The van der Waals surface area contributed by atoms with E-state index in [1.54, 1.807) is 24.2 Å². The summed E-state index contributed by atoms with van der Waals surface area (Å²) in [6, 6.07) is 16.1. The SMILES string of the molecule is CN1CC(NC(=O)Nc2nc(-c3cc(Cl)c4ncccc4c3)c(-c3ccccc3)nc2N)CC1=O. The van der Waals surface area contributed by atoms with Crippen LogP contribution in [0.25, 0.3) is 33.4 Å².